The Morgan fingerprint density at radius 2 is 2.00 bits per heavy atom. The molecule has 0 fully saturated rings. The number of benzene rings is 1. The van der Waals surface area contributed by atoms with Crippen LogP contribution in [0.1, 0.15) is 0 Å². The highest BCUT2D eigenvalue weighted by Gasteiger charge is 2.06. The number of aromatic nitrogens is 2. The zero-order chi connectivity index (χ0) is 13.0. The maximum Gasteiger partial charge on any atom is 0.150 e. The molecular weight excluding hydrogens is 254 g/mol. The summed E-state index contributed by atoms with van der Waals surface area (Å²) < 4.78 is 10.4. The van der Waals surface area contributed by atoms with Gasteiger partial charge in [0, 0.05) is 6.07 Å². The summed E-state index contributed by atoms with van der Waals surface area (Å²) in [5, 5.41) is 3.40. The van der Waals surface area contributed by atoms with Gasteiger partial charge >= 0.3 is 0 Å². The van der Waals surface area contributed by atoms with Gasteiger partial charge in [0.15, 0.2) is 5.82 Å². The molecule has 0 saturated heterocycles. The molecule has 0 amide bonds. The van der Waals surface area contributed by atoms with Crippen LogP contribution < -0.4 is 14.8 Å². The van der Waals surface area contributed by atoms with Crippen LogP contribution in [0.2, 0.25) is 5.15 Å². The lowest BCUT2D eigenvalue weighted by atomic mass is 10.2. The monoisotopic (exact) mass is 265 g/mol. The number of hydrogen-bond donors (Lipinski definition) is 1. The molecule has 1 aromatic carbocycles. The first-order chi connectivity index (χ1) is 8.72. The van der Waals surface area contributed by atoms with Crippen molar-refractivity contribution < 1.29 is 9.47 Å². The fraction of sp³-hybridized carbons (Fsp3) is 0.167. The molecule has 0 aliphatic rings. The van der Waals surface area contributed by atoms with Gasteiger partial charge in [-0.25, -0.2) is 4.98 Å². The third-order valence-electron chi connectivity index (χ3n) is 2.27. The van der Waals surface area contributed by atoms with Gasteiger partial charge in [-0.3, -0.25) is 4.98 Å². The van der Waals surface area contributed by atoms with Crippen molar-refractivity contribution in [1.29, 1.82) is 0 Å². The number of ether oxygens (including phenoxy) is 2. The van der Waals surface area contributed by atoms with Crippen LogP contribution in [0.3, 0.4) is 0 Å². The topological polar surface area (TPSA) is 56.3 Å². The predicted molar refractivity (Wildman–Crippen MR) is 69.9 cm³/mol. The van der Waals surface area contributed by atoms with Crippen molar-refractivity contribution >= 4 is 23.1 Å². The van der Waals surface area contributed by atoms with Gasteiger partial charge in [0.1, 0.15) is 16.7 Å². The van der Waals surface area contributed by atoms with Gasteiger partial charge in [-0.1, -0.05) is 11.6 Å². The molecule has 1 N–H and O–H groups in total. The molecular formula is C12H12ClN3O2. The number of nitrogens with zero attached hydrogens (tertiary/aromatic N) is 2. The van der Waals surface area contributed by atoms with Gasteiger partial charge in [-0.2, -0.15) is 0 Å². The number of hydrogen-bond acceptors (Lipinski definition) is 5. The standard InChI is InChI=1S/C12H12ClN3O2/c1-17-8-3-4-10(18-2)9(5-8)15-12-7-14-6-11(13)16-12/h3-7H,1-2H3,(H,15,16). The summed E-state index contributed by atoms with van der Waals surface area (Å²) in [6.45, 7) is 0. The lowest BCUT2D eigenvalue weighted by Gasteiger charge is -2.11. The fourth-order valence-corrected chi connectivity index (χ4v) is 1.60. The Morgan fingerprint density at radius 3 is 2.67 bits per heavy atom. The van der Waals surface area contributed by atoms with Gasteiger partial charge in [0.2, 0.25) is 0 Å². The van der Waals surface area contributed by atoms with E-state index in [0.717, 1.165) is 5.69 Å². The minimum absolute atomic E-state index is 0.321. The van der Waals surface area contributed by atoms with Gasteiger partial charge in [0.05, 0.1) is 32.3 Å². The Hall–Kier alpha value is -2.01. The molecule has 94 valence electrons. The fourth-order valence-electron chi connectivity index (χ4n) is 1.45. The zero-order valence-corrected chi connectivity index (χ0v) is 10.7. The van der Waals surface area contributed by atoms with E-state index in [2.05, 4.69) is 15.3 Å². The minimum Gasteiger partial charge on any atom is -0.497 e. The van der Waals surface area contributed by atoms with Crippen molar-refractivity contribution in [2.24, 2.45) is 0 Å². The first-order valence-electron chi connectivity index (χ1n) is 5.19. The second-order valence-corrected chi connectivity index (χ2v) is 3.81. The largest absolute Gasteiger partial charge is 0.497 e. The van der Waals surface area contributed by atoms with Crippen molar-refractivity contribution in [1.82, 2.24) is 9.97 Å². The number of nitrogens with one attached hydrogen (secondary N) is 1. The Labute approximate surface area is 110 Å². The summed E-state index contributed by atoms with van der Waals surface area (Å²) in [6.07, 6.45) is 3.04. The lowest BCUT2D eigenvalue weighted by molar-refractivity contribution is 0.405. The third-order valence-corrected chi connectivity index (χ3v) is 2.46. The maximum atomic E-state index is 5.77. The van der Waals surface area contributed by atoms with Crippen LogP contribution in [0.5, 0.6) is 11.5 Å². The quantitative estimate of drug-likeness (QED) is 0.921. The number of halogens is 1. The molecule has 1 heterocycles. The lowest BCUT2D eigenvalue weighted by Crippen LogP contribution is -1.98. The van der Waals surface area contributed by atoms with Crippen LogP contribution in [-0.2, 0) is 0 Å². The summed E-state index contributed by atoms with van der Waals surface area (Å²) in [5.74, 6) is 1.93. The van der Waals surface area contributed by atoms with Crippen LogP contribution in [0.25, 0.3) is 0 Å². The molecule has 6 heteroatoms. The highest BCUT2D eigenvalue weighted by atomic mass is 35.5. The maximum absolute atomic E-state index is 5.77. The molecule has 2 rings (SSSR count). The highest BCUT2D eigenvalue weighted by molar-refractivity contribution is 6.29. The normalized spacial score (nSPS) is 9.94. The second-order valence-electron chi connectivity index (χ2n) is 3.42. The smallest absolute Gasteiger partial charge is 0.150 e. The molecule has 0 aliphatic carbocycles. The molecule has 1 aromatic heterocycles. The van der Waals surface area contributed by atoms with Gasteiger partial charge in [0.25, 0.3) is 0 Å². The summed E-state index contributed by atoms with van der Waals surface area (Å²) in [7, 11) is 3.20. The Bertz CT molecular complexity index is 549. The minimum atomic E-state index is 0.321. The van der Waals surface area contributed by atoms with Crippen molar-refractivity contribution in [3.8, 4) is 11.5 Å². The number of anilines is 2. The highest BCUT2D eigenvalue weighted by Crippen LogP contribution is 2.30. The SMILES string of the molecule is COc1ccc(OC)c(Nc2cncc(Cl)n2)c1. The summed E-state index contributed by atoms with van der Waals surface area (Å²) in [6, 6.07) is 5.42. The first-order valence-corrected chi connectivity index (χ1v) is 5.57. The molecule has 5 nitrogen and oxygen atoms in total. The third kappa shape index (κ3) is 2.81. The number of methoxy groups -OCH3 is 2. The van der Waals surface area contributed by atoms with E-state index in [1.54, 1.807) is 32.5 Å². The Kier molecular flexibility index (Phi) is 3.84. The van der Waals surface area contributed by atoms with E-state index >= 15 is 0 Å². The van der Waals surface area contributed by atoms with Crippen molar-refractivity contribution in [3.05, 3.63) is 35.7 Å². The van der Waals surface area contributed by atoms with Crippen molar-refractivity contribution in [2.75, 3.05) is 19.5 Å². The van der Waals surface area contributed by atoms with Gasteiger partial charge < -0.3 is 14.8 Å². The predicted octanol–water partition coefficient (Wildman–Crippen LogP) is 2.89. The Balaban J connectivity index is 2.32. The average Bonchev–Trinajstić information content (AvgIpc) is 2.38. The Morgan fingerprint density at radius 1 is 1.17 bits per heavy atom. The van der Waals surface area contributed by atoms with Crippen molar-refractivity contribution in [3.63, 3.8) is 0 Å². The summed E-state index contributed by atoms with van der Waals surface area (Å²) >= 11 is 5.77. The molecule has 0 atom stereocenters. The van der Waals surface area contributed by atoms with E-state index in [4.69, 9.17) is 21.1 Å². The van der Waals surface area contributed by atoms with Gasteiger partial charge in [-0.15, -0.1) is 0 Å². The van der Waals surface area contributed by atoms with Crippen molar-refractivity contribution in [2.45, 2.75) is 0 Å². The average molecular weight is 266 g/mol. The second kappa shape index (κ2) is 5.55. The molecule has 0 aliphatic heterocycles. The molecule has 18 heavy (non-hydrogen) atoms. The van der Waals surface area contributed by atoms with E-state index in [0.29, 0.717) is 22.5 Å². The van der Waals surface area contributed by atoms with Crippen LogP contribution in [0.4, 0.5) is 11.5 Å². The summed E-state index contributed by atoms with van der Waals surface area (Å²) in [5.41, 5.74) is 0.730. The van der Waals surface area contributed by atoms with Crippen LogP contribution >= 0.6 is 11.6 Å². The molecule has 0 spiro atoms. The van der Waals surface area contributed by atoms with Crippen LogP contribution in [-0.4, -0.2) is 24.2 Å². The molecule has 0 saturated carbocycles. The number of rotatable bonds is 4. The molecule has 0 bridgehead atoms. The van der Waals surface area contributed by atoms with Gasteiger partial charge in [-0.05, 0) is 12.1 Å². The van der Waals surface area contributed by atoms with E-state index < -0.39 is 0 Å². The molecule has 0 radical (unpaired) electrons. The van der Waals surface area contributed by atoms with E-state index in [-0.39, 0.29) is 0 Å². The van der Waals surface area contributed by atoms with E-state index in [1.807, 2.05) is 6.07 Å². The summed E-state index contributed by atoms with van der Waals surface area (Å²) in [4.78, 5) is 8.04. The molecule has 0 unspecified atom stereocenters. The molecule has 2 aromatic rings. The van der Waals surface area contributed by atoms with E-state index in [1.165, 1.54) is 6.20 Å². The first kappa shape index (κ1) is 12.4. The van der Waals surface area contributed by atoms with Crippen LogP contribution in [0.15, 0.2) is 30.6 Å². The zero-order valence-electron chi connectivity index (χ0n) is 9.98. The van der Waals surface area contributed by atoms with Crippen LogP contribution in [0, 0.1) is 0 Å². The van der Waals surface area contributed by atoms with E-state index in [9.17, 15) is 0 Å².